The number of rotatable bonds is 5. The van der Waals surface area contributed by atoms with Crippen molar-refractivity contribution in [1.82, 2.24) is 15.0 Å². The fourth-order valence-corrected chi connectivity index (χ4v) is 2.02. The number of nitrogen functional groups attached to an aromatic ring is 1. The molecule has 1 aromatic rings. The van der Waals surface area contributed by atoms with Crippen molar-refractivity contribution in [2.24, 2.45) is 11.8 Å². The number of anilines is 2. The molecule has 2 rings (SSSR count). The predicted octanol–water partition coefficient (Wildman–Crippen LogP) is 1.18. The second-order valence-corrected chi connectivity index (χ2v) is 4.90. The fraction of sp³-hybridized carbons (Fsp3) is 0.750. The van der Waals surface area contributed by atoms with E-state index in [-0.39, 0.29) is 0 Å². The van der Waals surface area contributed by atoms with Crippen LogP contribution in [0.4, 0.5) is 11.9 Å². The number of ether oxygens (including phenoxy) is 1. The predicted molar refractivity (Wildman–Crippen MR) is 74.0 cm³/mol. The number of hydrogen-bond donors (Lipinski definition) is 2. The summed E-state index contributed by atoms with van der Waals surface area (Å²) < 4.78 is 5.47. The molecule has 0 aliphatic carbocycles. The summed E-state index contributed by atoms with van der Waals surface area (Å²) >= 11 is 0. The van der Waals surface area contributed by atoms with Crippen molar-refractivity contribution in [3.8, 4) is 6.01 Å². The molecule has 0 atom stereocenters. The minimum absolute atomic E-state index is 0.332. The summed E-state index contributed by atoms with van der Waals surface area (Å²) in [6.45, 7) is 6.82. The first-order valence-corrected chi connectivity index (χ1v) is 6.83. The van der Waals surface area contributed by atoms with E-state index in [4.69, 9.17) is 10.6 Å². The number of nitrogens with zero attached hydrogens (tertiary/aromatic N) is 4. The second kappa shape index (κ2) is 6.51. The monoisotopic (exact) mass is 266 g/mol. The van der Waals surface area contributed by atoms with Gasteiger partial charge in [0.15, 0.2) is 0 Å². The van der Waals surface area contributed by atoms with Gasteiger partial charge in [-0.25, -0.2) is 5.84 Å². The maximum absolute atomic E-state index is 5.47. The van der Waals surface area contributed by atoms with Crippen LogP contribution in [0.15, 0.2) is 0 Å². The molecule has 0 amide bonds. The quantitative estimate of drug-likeness (QED) is 0.611. The topological polar surface area (TPSA) is 89.2 Å². The van der Waals surface area contributed by atoms with Crippen LogP contribution in [0.5, 0.6) is 6.01 Å². The number of nitrogens with one attached hydrogen (secondary N) is 1. The molecule has 0 bridgehead atoms. The molecule has 0 unspecified atom stereocenters. The largest absolute Gasteiger partial charge is 0.463 e. The van der Waals surface area contributed by atoms with Crippen LogP contribution in [0.1, 0.15) is 33.1 Å². The smallest absolute Gasteiger partial charge is 0.323 e. The molecule has 19 heavy (non-hydrogen) atoms. The Morgan fingerprint density at radius 1 is 1.32 bits per heavy atom. The third-order valence-corrected chi connectivity index (χ3v) is 3.23. The van der Waals surface area contributed by atoms with Gasteiger partial charge in [0.1, 0.15) is 0 Å². The molecular formula is C12H22N6O. The Balaban J connectivity index is 2.14. The lowest BCUT2D eigenvalue weighted by molar-refractivity contribution is 0.291. The fourth-order valence-electron chi connectivity index (χ4n) is 2.02. The Bertz CT molecular complexity index is 405. The Hall–Kier alpha value is -1.63. The lowest BCUT2D eigenvalue weighted by atomic mass is 10.00. The Morgan fingerprint density at radius 3 is 2.68 bits per heavy atom. The van der Waals surface area contributed by atoms with Crippen LogP contribution >= 0.6 is 0 Å². The molecule has 7 heteroatoms. The molecule has 106 valence electrons. The van der Waals surface area contributed by atoms with Crippen LogP contribution in [0.25, 0.3) is 0 Å². The molecule has 0 radical (unpaired) electrons. The maximum Gasteiger partial charge on any atom is 0.323 e. The zero-order chi connectivity index (χ0) is 13.7. The highest BCUT2D eigenvalue weighted by Crippen LogP contribution is 2.22. The van der Waals surface area contributed by atoms with Gasteiger partial charge in [-0.05, 0) is 25.2 Å². The van der Waals surface area contributed by atoms with E-state index in [1.807, 2.05) is 6.92 Å². The van der Waals surface area contributed by atoms with Crippen molar-refractivity contribution in [2.45, 2.75) is 33.1 Å². The van der Waals surface area contributed by atoms with Gasteiger partial charge in [0.25, 0.3) is 0 Å². The number of hydrazine groups is 1. The normalized spacial score (nSPS) is 16.5. The van der Waals surface area contributed by atoms with E-state index in [1.165, 1.54) is 0 Å². The van der Waals surface area contributed by atoms with Crippen molar-refractivity contribution in [3.63, 3.8) is 0 Å². The highest BCUT2D eigenvalue weighted by atomic mass is 16.5. The molecule has 7 nitrogen and oxygen atoms in total. The van der Waals surface area contributed by atoms with E-state index in [1.54, 1.807) is 0 Å². The molecule has 3 N–H and O–H groups in total. The van der Waals surface area contributed by atoms with E-state index < -0.39 is 0 Å². The number of nitrogens with two attached hydrogens (primary N) is 1. The Kier molecular flexibility index (Phi) is 4.73. The molecule has 0 saturated carbocycles. The molecular weight excluding hydrogens is 244 g/mol. The first kappa shape index (κ1) is 13.8. The van der Waals surface area contributed by atoms with E-state index in [2.05, 4.69) is 32.2 Å². The van der Waals surface area contributed by atoms with Gasteiger partial charge in [-0.1, -0.05) is 13.8 Å². The van der Waals surface area contributed by atoms with E-state index in [0.29, 0.717) is 24.5 Å². The lowest BCUT2D eigenvalue weighted by Crippen LogP contribution is -2.34. The molecule has 1 aliphatic heterocycles. The highest BCUT2D eigenvalue weighted by molar-refractivity contribution is 5.38. The first-order chi connectivity index (χ1) is 9.22. The minimum atomic E-state index is 0.332. The van der Waals surface area contributed by atoms with Crippen molar-refractivity contribution in [3.05, 3.63) is 0 Å². The van der Waals surface area contributed by atoms with E-state index in [9.17, 15) is 0 Å². The number of aromatic nitrogens is 3. The molecule has 0 aromatic carbocycles. The molecule has 1 aromatic heterocycles. The lowest BCUT2D eigenvalue weighted by Gasteiger charge is -2.30. The first-order valence-electron chi connectivity index (χ1n) is 6.83. The zero-order valence-electron chi connectivity index (χ0n) is 11.6. The van der Waals surface area contributed by atoms with Gasteiger partial charge in [0, 0.05) is 13.1 Å². The third-order valence-electron chi connectivity index (χ3n) is 3.23. The molecule has 2 heterocycles. The van der Waals surface area contributed by atoms with Crippen LogP contribution in [0.3, 0.4) is 0 Å². The van der Waals surface area contributed by atoms with E-state index in [0.717, 1.165) is 38.3 Å². The van der Waals surface area contributed by atoms with Gasteiger partial charge in [0.05, 0.1) is 6.61 Å². The Morgan fingerprint density at radius 2 is 2.05 bits per heavy atom. The van der Waals surface area contributed by atoms with Crippen LogP contribution in [-0.4, -0.2) is 34.6 Å². The van der Waals surface area contributed by atoms with Crippen LogP contribution < -0.4 is 20.9 Å². The maximum atomic E-state index is 5.47. The molecule has 0 spiro atoms. The van der Waals surface area contributed by atoms with Crippen molar-refractivity contribution < 1.29 is 4.74 Å². The van der Waals surface area contributed by atoms with Crippen molar-refractivity contribution in [2.75, 3.05) is 30.0 Å². The number of hydrogen-bond acceptors (Lipinski definition) is 7. The average Bonchev–Trinajstić information content (AvgIpc) is 2.45. The van der Waals surface area contributed by atoms with Crippen molar-refractivity contribution >= 4 is 11.9 Å². The number of piperidine rings is 1. The van der Waals surface area contributed by atoms with Gasteiger partial charge in [-0.2, -0.15) is 15.0 Å². The SMILES string of the molecule is CCCOc1nc(NN)nc(N2CCC(C)CC2)n1. The summed E-state index contributed by atoms with van der Waals surface area (Å²) in [7, 11) is 0. The van der Waals surface area contributed by atoms with Gasteiger partial charge in [-0.15, -0.1) is 0 Å². The molecule has 1 saturated heterocycles. The van der Waals surface area contributed by atoms with Gasteiger partial charge in [-0.3, -0.25) is 5.43 Å². The Labute approximate surface area is 113 Å². The summed E-state index contributed by atoms with van der Waals surface area (Å²) in [5, 5.41) is 0. The second-order valence-electron chi connectivity index (χ2n) is 4.90. The molecule has 1 aliphatic rings. The summed E-state index contributed by atoms with van der Waals surface area (Å²) in [5.41, 5.74) is 2.46. The zero-order valence-corrected chi connectivity index (χ0v) is 11.6. The standard InChI is InChI=1S/C12H22N6O/c1-3-8-19-12-15-10(17-13)14-11(16-12)18-6-4-9(2)5-7-18/h9H,3-8,13H2,1-2H3,(H,14,15,16,17). The summed E-state index contributed by atoms with van der Waals surface area (Å²) in [6, 6.07) is 0.332. The van der Waals surface area contributed by atoms with Crippen LogP contribution in [-0.2, 0) is 0 Å². The summed E-state index contributed by atoms with van der Waals surface area (Å²) in [6.07, 6.45) is 3.22. The van der Waals surface area contributed by atoms with Gasteiger partial charge in [0.2, 0.25) is 11.9 Å². The van der Waals surface area contributed by atoms with Crippen LogP contribution in [0.2, 0.25) is 0 Å². The van der Waals surface area contributed by atoms with E-state index >= 15 is 0 Å². The minimum Gasteiger partial charge on any atom is -0.463 e. The van der Waals surface area contributed by atoms with Gasteiger partial charge >= 0.3 is 6.01 Å². The van der Waals surface area contributed by atoms with Gasteiger partial charge < -0.3 is 9.64 Å². The third kappa shape index (κ3) is 3.66. The highest BCUT2D eigenvalue weighted by Gasteiger charge is 2.19. The summed E-state index contributed by atoms with van der Waals surface area (Å²) in [4.78, 5) is 14.9. The van der Waals surface area contributed by atoms with Crippen LogP contribution in [0, 0.1) is 5.92 Å². The average molecular weight is 266 g/mol. The molecule has 1 fully saturated rings. The summed E-state index contributed by atoms with van der Waals surface area (Å²) in [5.74, 6) is 7.14. The van der Waals surface area contributed by atoms with Crippen molar-refractivity contribution in [1.29, 1.82) is 0 Å².